The molecule has 3 aromatic rings. The van der Waals surface area contributed by atoms with Crippen molar-refractivity contribution in [2.24, 2.45) is 0 Å². The van der Waals surface area contributed by atoms with Crippen LogP contribution in [0.1, 0.15) is 11.5 Å². The number of halogens is 4. The Balaban J connectivity index is 0.00000121. The summed E-state index contributed by atoms with van der Waals surface area (Å²) in [6, 6.07) is 5.50. The lowest BCUT2D eigenvalue weighted by Gasteiger charge is -2.04. The standard InChI is InChI=1S/C14H12Cl2N4.2ClH/c1-10-17-4-5-19(10)7-11-8-20(9-18-11)12-2-3-13(15)14(16)6-12;;/h2-6,8-9H,7H2,1H3;2*1H. The number of aromatic nitrogens is 4. The highest BCUT2D eigenvalue weighted by Gasteiger charge is 2.05. The van der Waals surface area contributed by atoms with E-state index in [4.69, 9.17) is 23.2 Å². The highest BCUT2D eigenvalue weighted by Crippen LogP contribution is 2.24. The fourth-order valence-corrected chi connectivity index (χ4v) is 2.27. The molecule has 0 aliphatic rings. The molecule has 0 bridgehead atoms. The molecule has 0 fully saturated rings. The maximum atomic E-state index is 6.03. The van der Waals surface area contributed by atoms with E-state index in [1.807, 2.05) is 40.6 Å². The minimum absolute atomic E-state index is 0. The molecule has 8 heteroatoms. The van der Waals surface area contributed by atoms with Crippen LogP contribution in [0.3, 0.4) is 0 Å². The van der Waals surface area contributed by atoms with Crippen molar-refractivity contribution in [3.8, 4) is 5.69 Å². The molecular formula is C14H14Cl4N4. The van der Waals surface area contributed by atoms with Gasteiger partial charge in [0.15, 0.2) is 0 Å². The van der Waals surface area contributed by atoms with Gasteiger partial charge in [0.25, 0.3) is 0 Å². The third-order valence-corrected chi connectivity index (χ3v) is 3.83. The van der Waals surface area contributed by atoms with Gasteiger partial charge >= 0.3 is 0 Å². The van der Waals surface area contributed by atoms with Crippen LogP contribution in [0.15, 0.2) is 43.1 Å². The molecule has 0 unspecified atom stereocenters. The number of hydrogen-bond donors (Lipinski definition) is 0. The summed E-state index contributed by atoms with van der Waals surface area (Å²) in [6.45, 7) is 2.66. The smallest absolute Gasteiger partial charge is 0.105 e. The third-order valence-electron chi connectivity index (χ3n) is 3.09. The Bertz CT molecular complexity index is 751. The Morgan fingerprint density at radius 3 is 2.50 bits per heavy atom. The molecule has 0 N–H and O–H groups in total. The van der Waals surface area contributed by atoms with Crippen LogP contribution in [-0.4, -0.2) is 19.1 Å². The fourth-order valence-electron chi connectivity index (χ4n) is 1.98. The molecule has 3 rings (SSSR count). The molecule has 22 heavy (non-hydrogen) atoms. The molecule has 0 aliphatic carbocycles. The van der Waals surface area contributed by atoms with Gasteiger partial charge in [0.05, 0.1) is 28.6 Å². The zero-order valence-electron chi connectivity index (χ0n) is 11.6. The van der Waals surface area contributed by atoms with Gasteiger partial charge in [0.2, 0.25) is 0 Å². The molecule has 4 nitrogen and oxygen atoms in total. The van der Waals surface area contributed by atoms with Gasteiger partial charge in [-0.2, -0.15) is 0 Å². The largest absolute Gasteiger partial charge is 0.329 e. The SMILES string of the molecule is Cc1nccn1Cc1cn(-c2ccc(Cl)c(Cl)c2)cn1.Cl.Cl. The van der Waals surface area contributed by atoms with Gasteiger partial charge in [0, 0.05) is 24.3 Å². The summed E-state index contributed by atoms with van der Waals surface area (Å²) >= 11 is 11.9. The highest BCUT2D eigenvalue weighted by molar-refractivity contribution is 6.42. The first-order valence-electron chi connectivity index (χ1n) is 6.09. The second-order valence-electron chi connectivity index (χ2n) is 4.47. The first-order valence-corrected chi connectivity index (χ1v) is 6.85. The minimum Gasteiger partial charge on any atom is -0.329 e. The summed E-state index contributed by atoms with van der Waals surface area (Å²) in [4.78, 5) is 8.59. The van der Waals surface area contributed by atoms with E-state index < -0.39 is 0 Å². The number of nitrogens with zero attached hydrogens (tertiary/aromatic N) is 4. The van der Waals surface area contributed by atoms with Crippen LogP contribution in [0.5, 0.6) is 0 Å². The van der Waals surface area contributed by atoms with Crippen LogP contribution in [0, 0.1) is 6.92 Å². The molecule has 0 amide bonds. The van der Waals surface area contributed by atoms with Crippen LogP contribution in [0.2, 0.25) is 10.0 Å². The summed E-state index contributed by atoms with van der Waals surface area (Å²) in [5.41, 5.74) is 1.89. The molecular weight excluding hydrogens is 366 g/mol. The molecule has 2 heterocycles. The quantitative estimate of drug-likeness (QED) is 0.667. The maximum Gasteiger partial charge on any atom is 0.105 e. The normalized spacial score (nSPS) is 9.95. The van der Waals surface area contributed by atoms with Crippen molar-refractivity contribution in [1.82, 2.24) is 19.1 Å². The fraction of sp³-hybridized carbons (Fsp3) is 0.143. The second kappa shape index (κ2) is 7.88. The van der Waals surface area contributed by atoms with Crippen molar-refractivity contribution < 1.29 is 0 Å². The summed E-state index contributed by atoms with van der Waals surface area (Å²) in [7, 11) is 0. The van der Waals surface area contributed by atoms with E-state index in [-0.39, 0.29) is 24.8 Å². The summed E-state index contributed by atoms with van der Waals surface area (Å²) in [5.74, 6) is 0.967. The zero-order valence-corrected chi connectivity index (χ0v) is 14.8. The molecule has 0 saturated carbocycles. The number of aryl methyl sites for hydroxylation is 1. The first kappa shape index (κ1) is 18.8. The summed E-state index contributed by atoms with van der Waals surface area (Å²) < 4.78 is 3.96. The van der Waals surface area contributed by atoms with E-state index in [0.717, 1.165) is 17.2 Å². The topological polar surface area (TPSA) is 35.6 Å². The number of rotatable bonds is 3. The molecule has 0 aliphatic heterocycles. The lowest BCUT2D eigenvalue weighted by Crippen LogP contribution is -2.00. The zero-order chi connectivity index (χ0) is 14.1. The van der Waals surface area contributed by atoms with Crippen molar-refractivity contribution in [3.63, 3.8) is 0 Å². The Kier molecular flexibility index (Phi) is 6.75. The predicted molar refractivity (Wildman–Crippen MR) is 94.1 cm³/mol. The van der Waals surface area contributed by atoms with Gasteiger partial charge in [-0.25, -0.2) is 9.97 Å². The highest BCUT2D eigenvalue weighted by atomic mass is 35.5. The first-order chi connectivity index (χ1) is 9.63. The predicted octanol–water partition coefficient (Wildman–Crippen LogP) is 4.58. The van der Waals surface area contributed by atoms with Crippen molar-refractivity contribution in [2.45, 2.75) is 13.5 Å². The number of benzene rings is 1. The lowest BCUT2D eigenvalue weighted by atomic mass is 10.3. The van der Waals surface area contributed by atoms with Crippen molar-refractivity contribution in [1.29, 1.82) is 0 Å². The number of imidazole rings is 2. The van der Waals surface area contributed by atoms with Crippen LogP contribution in [0.4, 0.5) is 0 Å². The Hall–Kier alpha value is -1.20. The molecule has 1 aromatic carbocycles. The minimum atomic E-state index is 0. The summed E-state index contributed by atoms with van der Waals surface area (Å²) in [6.07, 6.45) is 7.46. The average Bonchev–Trinajstić information content (AvgIpc) is 3.04. The molecule has 0 saturated heterocycles. The van der Waals surface area contributed by atoms with Crippen molar-refractivity contribution in [2.75, 3.05) is 0 Å². The number of hydrogen-bond acceptors (Lipinski definition) is 2. The second-order valence-corrected chi connectivity index (χ2v) is 5.29. The van der Waals surface area contributed by atoms with Crippen molar-refractivity contribution >= 4 is 48.0 Å². The van der Waals surface area contributed by atoms with Gasteiger partial charge < -0.3 is 9.13 Å². The van der Waals surface area contributed by atoms with E-state index in [0.29, 0.717) is 16.6 Å². The van der Waals surface area contributed by atoms with Gasteiger partial charge in [0.1, 0.15) is 5.82 Å². The van der Waals surface area contributed by atoms with Gasteiger partial charge in [-0.3, -0.25) is 0 Å². The van der Waals surface area contributed by atoms with Crippen LogP contribution >= 0.6 is 48.0 Å². The van der Waals surface area contributed by atoms with Gasteiger partial charge in [-0.1, -0.05) is 23.2 Å². The van der Waals surface area contributed by atoms with Gasteiger partial charge in [-0.05, 0) is 25.1 Å². The monoisotopic (exact) mass is 378 g/mol. The molecule has 0 spiro atoms. The van der Waals surface area contributed by atoms with E-state index >= 15 is 0 Å². The maximum absolute atomic E-state index is 6.03. The Morgan fingerprint density at radius 2 is 1.86 bits per heavy atom. The Morgan fingerprint density at radius 1 is 1.09 bits per heavy atom. The molecule has 0 atom stereocenters. The van der Waals surface area contributed by atoms with E-state index in [9.17, 15) is 0 Å². The van der Waals surface area contributed by atoms with E-state index in [2.05, 4.69) is 9.97 Å². The molecule has 0 radical (unpaired) electrons. The lowest BCUT2D eigenvalue weighted by molar-refractivity contribution is 0.746. The van der Waals surface area contributed by atoms with Crippen LogP contribution in [-0.2, 0) is 6.54 Å². The average molecular weight is 380 g/mol. The third kappa shape index (κ3) is 3.96. The van der Waals surface area contributed by atoms with Crippen LogP contribution in [0.25, 0.3) is 5.69 Å². The van der Waals surface area contributed by atoms with Crippen LogP contribution < -0.4 is 0 Å². The van der Waals surface area contributed by atoms with E-state index in [1.54, 1.807) is 18.6 Å². The molecule has 118 valence electrons. The molecule has 2 aromatic heterocycles. The van der Waals surface area contributed by atoms with E-state index in [1.165, 1.54) is 0 Å². The van der Waals surface area contributed by atoms with Crippen molar-refractivity contribution in [3.05, 3.63) is 64.7 Å². The van der Waals surface area contributed by atoms with Gasteiger partial charge in [-0.15, -0.1) is 24.8 Å². The Labute approximate surface area is 150 Å². The summed E-state index contributed by atoms with van der Waals surface area (Å²) in [5, 5.41) is 1.08.